The average Bonchev–Trinajstić information content (AvgIpc) is 2.54. The Morgan fingerprint density at radius 2 is 2.13 bits per heavy atom. The number of nitrogens with zero attached hydrogens (tertiary/aromatic N) is 1. The van der Waals surface area contributed by atoms with Gasteiger partial charge in [0.1, 0.15) is 6.10 Å². The second kappa shape index (κ2) is 4.95. The van der Waals surface area contributed by atoms with Gasteiger partial charge in [-0.2, -0.15) is 0 Å². The second-order valence-electron chi connectivity index (χ2n) is 7.19. The van der Waals surface area contributed by atoms with Gasteiger partial charge >= 0.3 is 0 Å². The van der Waals surface area contributed by atoms with Gasteiger partial charge in [0.15, 0.2) is 17.3 Å². The van der Waals surface area contributed by atoms with Crippen LogP contribution in [0.15, 0.2) is 12.1 Å². The molecule has 1 heterocycles. The van der Waals surface area contributed by atoms with Gasteiger partial charge in [-0.1, -0.05) is 6.07 Å². The summed E-state index contributed by atoms with van der Waals surface area (Å²) in [5.41, 5.74) is 0.967. The number of benzene rings is 1. The number of carbonyl (C=O) groups is 1. The van der Waals surface area contributed by atoms with Gasteiger partial charge < -0.3 is 19.8 Å². The average molecular weight is 317 g/mol. The molecule has 1 saturated heterocycles. The van der Waals surface area contributed by atoms with E-state index in [1.54, 1.807) is 6.07 Å². The van der Waals surface area contributed by atoms with Gasteiger partial charge in [0.05, 0.1) is 12.5 Å². The van der Waals surface area contributed by atoms with E-state index in [0.29, 0.717) is 24.6 Å². The SMILES string of the molecule is COc1ccc2c(c1O)C13CCN(C)C(C2)C1CCC(O)C3=O. The minimum absolute atomic E-state index is 0.0838. The summed E-state index contributed by atoms with van der Waals surface area (Å²) in [7, 11) is 3.63. The van der Waals surface area contributed by atoms with Crippen LogP contribution in [0.1, 0.15) is 30.4 Å². The van der Waals surface area contributed by atoms with Gasteiger partial charge in [-0.05, 0) is 56.8 Å². The second-order valence-corrected chi connectivity index (χ2v) is 7.19. The summed E-state index contributed by atoms with van der Waals surface area (Å²) in [5, 5.41) is 21.0. The number of phenolic OH excluding ortho intramolecular Hbond substituents is 1. The van der Waals surface area contributed by atoms with Crippen molar-refractivity contribution in [1.29, 1.82) is 0 Å². The molecule has 23 heavy (non-hydrogen) atoms. The molecule has 2 aliphatic carbocycles. The van der Waals surface area contributed by atoms with Gasteiger partial charge in [-0.25, -0.2) is 0 Å². The van der Waals surface area contributed by atoms with Crippen molar-refractivity contribution in [3.8, 4) is 11.5 Å². The van der Waals surface area contributed by atoms with Crippen molar-refractivity contribution >= 4 is 5.78 Å². The zero-order valence-electron chi connectivity index (χ0n) is 13.6. The van der Waals surface area contributed by atoms with Gasteiger partial charge in [0.25, 0.3) is 0 Å². The number of hydrogen-bond donors (Lipinski definition) is 2. The summed E-state index contributed by atoms with van der Waals surface area (Å²) < 4.78 is 5.27. The zero-order valence-corrected chi connectivity index (χ0v) is 13.6. The van der Waals surface area contributed by atoms with E-state index in [9.17, 15) is 15.0 Å². The van der Waals surface area contributed by atoms with Crippen molar-refractivity contribution in [2.75, 3.05) is 20.7 Å². The molecule has 1 saturated carbocycles. The van der Waals surface area contributed by atoms with Gasteiger partial charge in [-0.15, -0.1) is 0 Å². The maximum atomic E-state index is 13.1. The predicted molar refractivity (Wildman–Crippen MR) is 84.8 cm³/mol. The minimum atomic E-state index is -0.924. The number of phenols is 1. The lowest BCUT2D eigenvalue weighted by molar-refractivity contribution is -0.146. The number of likely N-dealkylation sites (tertiary alicyclic amines) is 1. The Morgan fingerprint density at radius 1 is 1.35 bits per heavy atom. The Bertz CT molecular complexity index is 673. The number of rotatable bonds is 1. The topological polar surface area (TPSA) is 70.0 Å². The van der Waals surface area contributed by atoms with Gasteiger partial charge in [-0.3, -0.25) is 4.79 Å². The van der Waals surface area contributed by atoms with Crippen LogP contribution >= 0.6 is 0 Å². The lowest BCUT2D eigenvalue weighted by Crippen LogP contribution is -2.65. The number of piperidine rings is 1. The fourth-order valence-corrected chi connectivity index (χ4v) is 5.25. The number of ether oxygens (including phenoxy) is 1. The van der Waals surface area contributed by atoms with E-state index in [1.165, 1.54) is 7.11 Å². The molecule has 5 nitrogen and oxygen atoms in total. The number of aliphatic hydroxyl groups excluding tert-OH is 1. The zero-order chi connectivity index (χ0) is 16.4. The highest BCUT2D eigenvalue weighted by Gasteiger charge is 2.60. The Morgan fingerprint density at radius 3 is 2.87 bits per heavy atom. The molecular weight excluding hydrogens is 294 g/mol. The van der Waals surface area contributed by atoms with Crippen molar-refractivity contribution in [2.24, 2.45) is 5.92 Å². The van der Waals surface area contributed by atoms with Crippen LogP contribution in [0.4, 0.5) is 0 Å². The summed E-state index contributed by atoms with van der Waals surface area (Å²) in [4.78, 5) is 15.4. The predicted octanol–water partition coefficient (Wildman–Crippen LogP) is 1.24. The largest absolute Gasteiger partial charge is 0.504 e. The van der Waals surface area contributed by atoms with E-state index >= 15 is 0 Å². The molecule has 0 radical (unpaired) electrons. The third kappa shape index (κ3) is 1.78. The minimum Gasteiger partial charge on any atom is -0.504 e. The first-order chi connectivity index (χ1) is 11.0. The molecule has 3 aliphatic rings. The Balaban J connectivity index is 1.99. The van der Waals surface area contributed by atoms with Crippen molar-refractivity contribution in [2.45, 2.75) is 43.2 Å². The lowest BCUT2D eigenvalue weighted by Gasteiger charge is -2.57. The van der Waals surface area contributed by atoms with E-state index in [-0.39, 0.29) is 17.5 Å². The van der Waals surface area contributed by atoms with E-state index in [0.717, 1.165) is 30.5 Å². The molecule has 124 valence electrons. The van der Waals surface area contributed by atoms with E-state index in [2.05, 4.69) is 11.9 Å². The van der Waals surface area contributed by atoms with Gasteiger partial charge in [0, 0.05) is 11.6 Å². The highest BCUT2D eigenvalue weighted by atomic mass is 16.5. The molecule has 2 fully saturated rings. The molecule has 4 rings (SSSR count). The van der Waals surface area contributed by atoms with Crippen LogP contribution in [-0.4, -0.2) is 53.7 Å². The number of likely N-dealkylation sites (N-methyl/N-ethyl adjacent to an activating group) is 1. The number of aliphatic hydroxyl groups is 1. The molecular formula is C18H23NO4. The van der Waals surface area contributed by atoms with Crippen LogP contribution in [0.25, 0.3) is 0 Å². The first-order valence-electron chi connectivity index (χ1n) is 8.32. The fourth-order valence-electron chi connectivity index (χ4n) is 5.25. The van der Waals surface area contributed by atoms with Crippen LogP contribution in [0, 0.1) is 5.92 Å². The molecule has 2 N–H and O–H groups in total. The Labute approximate surface area is 135 Å². The maximum absolute atomic E-state index is 13.1. The van der Waals surface area contributed by atoms with Crippen molar-refractivity contribution in [3.63, 3.8) is 0 Å². The smallest absolute Gasteiger partial charge is 0.172 e. The summed E-state index contributed by atoms with van der Waals surface area (Å²) >= 11 is 0. The van der Waals surface area contributed by atoms with Crippen molar-refractivity contribution < 1.29 is 19.7 Å². The van der Waals surface area contributed by atoms with Crippen LogP contribution in [0.3, 0.4) is 0 Å². The third-order valence-electron chi connectivity index (χ3n) is 6.34. The Kier molecular flexibility index (Phi) is 3.22. The molecule has 4 atom stereocenters. The van der Waals surface area contributed by atoms with Crippen LogP contribution < -0.4 is 4.74 Å². The number of ketones is 1. The summed E-state index contributed by atoms with van der Waals surface area (Å²) in [6.45, 7) is 0.801. The van der Waals surface area contributed by atoms with Crippen LogP contribution in [-0.2, 0) is 16.6 Å². The molecule has 0 spiro atoms. The van der Waals surface area contributed by atoms with E-state index in [1.807, 2.05) is 6.07 Å². The summed E-state index contributed by atoms with van der Waals surface area (Å²) in [5.74, 6) is 0.529. The molecule has 1 aromatic rings. The van der Waals surface area contributed by atoms with Gasteiger partial charge in [0.2, 0.25) is 0 Å². The first-order valence-corrected chi connectivity index (χ1v) is 8.32. The third-order valence-corrected chi connectivity index (χ3v) is 6.34. The summed E-state index contributed by atoms with van der Waals surface area (Å²) in [6, 6.07) is 4.03. The van der Waals surface area contributed by atoms with E-state index < -0.39 is 11.5 Å². The quantitative estimate of drug-likeness (QED) is 0.815. The lowest BCUT2D eigenvalue weighted by atomic mass is 9.51. The molecule has 1 aliphatic heterocycles. The molecule has 0 amide bonds. The number of Topliss-reactive ketones (excluding diaryl/α,β-unsaturated/α-hetero) is 1. The van der Waals surface area contributed by atoms with Crippen LogP contribution in [0.2, 0.25) is 0 Å². The molecule has 4 unspecified atom stereocenters. The molecule has 2 bridgehead atoms. The first kappa shape index (κ1) is 15.0. The number of fused-ring (bicyclic) bond motifs is 1. The molecule has 5 heteroatoms. The van der Waals surface area contributed by atoms with Crippen molar-refractivity contribution in [1.82, 2.24) is 4.90 Å². The number of aromatic hydroxyl groups is 1. The van der Waals surface area contributed by atoms with Crippen molar-refractivity contribution in [3.05, 3.63) is 23.3 Å². The van der Waals surface area contributed by atoms with E-state index in [4.69, 9.17) is 4.74 Å². The number of carbonyl (C=O) groups excluding carboxylic acids is 1. The number of methoxy groups -OCH3 is 1. The fraction of sp³-hybridized carbons (Fsp3) is 0.611. The standard InChI is InChI=1S/C18H23NO4/c1-19-8-7-18-11(4-5-13(20)17(18)22)12(19)9-10-3-6-14(23-2)16(21)15(10)18/h3,6,11-13,20-21H,4-5,7-9H2,1-2H3. The maximum Gasteiger partial charge on any atom is 0.172 e. The molecule has 0 aromatic heterocycles. The highest BCUT2D eigenvalue weighted by molar-refractivity contribution is 5.96. The Hall–Kier alpha value is -1.59. The number of hydrogen-bond acceptors (Lipinski definition) is 5. The monoisotopic (exact) mass is 317 g/mol. The normalized spacial score (nSPS) is 36.3. The highest BCUT2D eigenvalue weighted by Crippen LogP contribution is 2.57. The summed E-state index contributed by atoms with van der Waals surface area (Å²) in [6.07, 6.45) is 1.90. The van der Waals surface area contributed by atoms with Crippen LogP contribution in [0.5, 0.6) is 11.5 Å². The molecule has 1 aromatic carbocycles.